The van der Waals surface area contributed by atoms with Crippen molar-refractivity contribution >= 4 is 22.4 Å². The van der Waals surface area contributed by atoms with Crippen molar-refractivity contribution in [3.8, 4) is 0 Å². The molecule has 3 aromatic rings. The van der Waals surface area contributed by atoms with Crippen LogP contribution in [-0.4, -0.2) is 22.7 Å². The van der Waals surface area contributed by atoms with Crippen LogP contribution in [0.25, 0.3) is 16.4 Å². The maximum Gasteiger partial charge on any atom is 0.341 e. The minimum Gasteiger partial charge on any atom is -0.465 e. The van der Waals surface area contributed by atoms with Gasteiger partial charge in [0.15, 0.2) is 0 Å². The van der Waals surface area contributed by atoms with Crippen LogP contribution in [0.2, 0.25) is 0 Å². The molecule has 0 spiro atoms. The molecule has 0 saturated heterocycles. The van der Waals surface area contributed by atoms with Crippen molar-refractivity contribution in [2.45, 2.75) is 0 Å². The molecule has 0 unspecified atom stereocenters. The summed E-state index contributed by atoms with van der Waals surface area (Å²) in [5.41, 5.74) is 2.24. The van der Waals surface area contributed by atoms with E-state index >= 15 is 0 Å². The maximum atomic E-state index is 11.6. The fourth-order valence-corrected chi connectivity index (χ4v) is 1.97. The van der Waals surface area contributed by atoms with Crippen LogP contribution in [0.3, 0.4) is 0 Å². The van der Waals surface area contributed by atoms with Crippen LogP contribution >= 0.6 is 0 Å². The van der Waals surface area contributed by atoms with Gasteiger partial charge in [0, 0.05) is 5.39 Å². The van der Waals surface area contributed by atoms with E-state index in [-0.39, 0.29) is 5.97 Å². The van der Waals surface area contributed by atoms with E-state index in [2.05, 4.69) is 5.10 Å². The Morgan fingerprint density at radius 2 is 2.06 bits per heavy atom. The highest BCUT2D eigenvalue weighted by Crippen LogP contribution is 2.21. The number of aromatic nitrogens is 2. The molecular formula is C13H10N2O2. The molecule has 17 heavy (non-hydrogen) atoms. The zero-order valence-corrected chi connectivity index (χ0v) is 9.25. The normalized spacial score (nSPS) is 10.9. The Labute approximate surface area is 97.4 Å². The van der Waals surface area contributed by atoms with Crippen LogP contribution in [0.15, 0.2) is 42.6 Å². The van der Waals surface area contributed by atoms with Gasteiger partial charge in [-0.3, -0.25) is 0 Å². The average molecular weight is 226 g/mol. The van der Waals surface area contributed by atoms with Gasteiger partial charge in [0.2, 0.25) is 0 Å². The maximum absolute atomic E-state index is 11.6. The van der Waals surface area contributed by atoms with Gasteiger partial charge in [-0.15, -0.1) is 0 Å². The molecule has 1 aromatic carbocycles. The van der Waals surface area contributed by atoms with Crippen LogP contribution in [0.5, 0.6) is 0 Å². The van der Waals surface area contributed by atoms with Gasteiger partial charge in [0.1, 0.15) is 5.56 Å². The number of esters is 1. The van der Waals surface area contributed by atoms with Gasteiger partial charge in [0.05, 0.1) is 24.3 Å². The molecule has 0 amide bonds. The first kappa shape index (κ1) is 9.84. The van der Waals surface area contributed by atoms with Crippen LogP contribution < -0.4 is 0 Å². The smallest absolute Gasteiger partial charge is 0.341 e. The van der Waals surface area contributed by atoms with E-state index in [0.29, 0.717) is 5.56 Å². The van der Waals surface area contributed by atoms with Crippen LogP contribution in [0.1, 0.15) is 10.4 Å². The fraction of sp³-hybridized carbons (Fsp3) is 0.0769. The zero-order chi connectivity index (χ0) is 11.8. The minimum atomic E-state index is -0.361. The van der Waals surface area contributed by atoms with E-state index in [9.17, 15) is 4.79 Å². The van der Waals surface area contributed by atoms with Crippen molar-refractivity contribution in [3.05, 3.63) is 48.2 Å². The van der Waals surface area contributed by atoms with Crippen molar-refractivity contribution in [1.82, 2.24) is 9.61 Å². The largest absolute Gasteiger partial charge is 0.465 e. The molecule has 84 valence electrons. The van der Waals surface area contributed by atoms with Gasteiger partial charge in [0.25, 0.3) is 0 Å². The second-order valence-electron chi connectivity index (χ2n) is 3.74. The van der Waals surface area contributed by atoms with Gasteiger partial charge in [-0.25, -0.2) is 9.31 Å². The molecule has 0 aliphatic carbocycles. The van der Waals surface area contributed by atoms with E-state index in [1.54, 1.807) is 4.52 Å². The quantitative estimate of drug-likeness (QED) is 0.598. The van der Waals surface area contributed by atoms with Crippen LogP contribution in [0.4, 0.5) is 0 Å². The molecule has 3 rings (SSSR count). The highest BCUT2D eigenvalue weighted by molar-refractivity contribution is 6.00. The number of carbonyl (C=O) groups excluding carboxylic acids is 1. The number of nitrogens with zero attached hydrogens (tertiary/aromatic N) is 2. The summed E-state index contributed by atoms with van der Waals surface area (Å²) in [4.78, 5) is 11.6. The van der Waals surface area contributed by atoms with Gasteiger partial charge in [-0.2, -0.15) is 5.10 Å². The number of hydrogen-bond donors (Lipinski definition) is 0. The Morgan fingerprint density at radius 1 is 1.24 bits per heavy atom. The number of hydrogen-bond acceptors (Lipinski definition) is 3. The van der Waals surface area contributed by atoms with Crippen LogP contribution in [0, 0.1) is 0 Å². The topological polar surface area (TPSA) is 43.6 Å². The second kappa shape index (κ2) is 3.59. The predicted octanol–water partition coefficient (Wildman–Crippen LogP) is 2.27. The first-order chi connectivity index (χ1) is 8.31. The molecule has 0 aliphatic heterocycles. The van der Waals surface area contributed by atoms with Crippen molar-refractivity contribution < 1.29 is 9.53 Å². The summed E-state index contributed by atoms with van der Waals surface area (Å²) < 4.78 is 6.48. The summed E-state index contributed by atoms with van der Waals surface area (Å²) >= 11 is 0. The summed E-state index contributed by atoms with van der Waals surface area (Å²) in [6.45, 7) is 0. The number of ether oxygens (including phenoxy) is 1. The number of methoxy groups -OCH3 is 1. The lowest BCUT2D eigenvalue weighted by Crippen LogP contribution is -1.99. The lowest BCUT2D eigenvalue weighted by Gasteiger charge is -1.92. The molecule has 4 nitrogen and oxygen atoms in total. The molecule has 2 aromatic heterocycles. The van der Waals surface area contributed by atoms with Crippen molar-refractivity contribution in [1.29, 1.82) is 0 Å². The van der Waals surface area contributed by atoms with E-state index in [1.807, 2.05) is 36.4 Å². The number of rotatable bonds is 1. The highest BCUT2D eigenvalue weighted by Gasteiger charge is 2.15. The predicted molar refractivity (Wildman–Crippen MR) is 64.0 cm³/mol. The molecule has 0 N–H and O–H groups in total. The van der Waals surface area contributed by atoms with Gasteiger partial charge >= 0.3 is 5.97 Å². The summed E-state index contributed by atoms with van der Waals surface area (Å²) in [6, 6.07) is 11.8. The Balaban J connectivity index is 2.39. The first-order valence-electron chi connectivity index (χ1n) is 5.25. The molecule has 4 heteroatoms. The fourth-order valence-electron chi connectivity index (χ4n) is 1.97. The zero-order valence-electron chi connectivity index (χ0n) is 9.25. The van der Waals surface area contributed by atoms with E-state index in [0.717, 1.165) is 16.4 Å². The summed E-state index contributed by atoms with van der Waals surface area (Å²) in [6.07, 6.45) is 1.54. The summed E-state index contributed by atoms with van der Waals surface area (Å²) in [5, 5.41) is 5.26. The van der Waals surface area contributed by atoms with E-state index in [1.165, 1.54) is 13.3 Å². The Hall–Kier alpha value is -2.36. The standard InChI is InChI=1S/C13H10N2O2/c1-17-13(16)10-8-14-15-11-6-4-2-3-5-9(11)7-12(10)15/h2-8H,1H3. The van der Waals surface area contributed by atoms with Crippen molar-refractivity contribution in [2.24, 2.45) is 0 Å². The molecule has 0 atom stereocenters. The lowest BCUT2D eigenvalue weighted by atomic mass is 10.2. The lowest BCUT2D eigenvalue weighted by molar-refractivity contribution is 0.0603. The molecule has 0 aliphatic rings. The molecule has 0 bridgehead atoms. The van der Waals surface area contributed by atoms with E-state index in [4.69, 9.17) is 4.74 Å². The van der Waals surface area contributed by atoms with Crippen molar-refractivity contribution in [2.75, 3.05) is 7.11 Å². The van der Waals surface area contributed by atoms with Gasteiger partial charge < -0.3 is 4.74 Å². The SMILES string of the molecule is COC(=O)c1cnn2c1cc1cccccc12. The third kappa shape index (κ3) is 1.38. The molecular weight excluding hydrogens is 216 g/mol. The van der Waals surface area contributed by atoms with Gasteiger partial charge in [-0.05, 0) is 12.1 Å². The Morgan fingerprint density at radius 3 is 2.88 bits per heavy atom. The highest BCUT2D eigenvalue weighted by atomic mass is 16.5. The monoisotopic (exact) mass is 226 g/mol. The average Bonchev–Trinajstić information content (AvgIpc) is 2.80. The third-order valence-corrected chi connectivity index (χ3v) is 2.78. The second-order valence-corrected chi connectivity index (χ2v) is 3.74. The molecule has 0 fully saturated rings. The minimum absolute atomic E-state index is 0.361. The first-order valence-corrected chi connectivity index (χ1v) is 5.25. The number of carbonyl (C=O) groups is 1. The van der Waals surface area contributed by atoms with Crippen LogP contribution in [-0.2, 0) is 4.74 Å². The molecule has 2 heterocycles. The molecule has 0 saturated carbocycles. The van der Waals surface area contributed by atoms with E-state index < -0.39 is 0 Å². The Bertz CT molecular complexity index is 716. The Kier molecular flexibility index (Phi) is 2.08. The third-order valence-electron chi connectivity index (χ3n) is 2.78. The summed E-state index contributed by atoms with van der Waals surface area (Å²) in [5.74, 6) is -0.361. The molecule has 0 radical (unpaired) electrons. The van der Waals surface area contributed by atoms with Gasteiger partial charge in [-0.1, -0.05) is 24.3 Å². The van der Waals surface area contributed by atoms with Crippen molar-refractivity contribution in [3.63, 3.8) is 0 Å². The summed E-state index contributed by atoms with van der Waals surface area (Å²) in [7, 11) is 1.37. The number of fused-ring (bicyclic) bond motifs is 3.